The minimum atomic E-state index is 0.347. The molecule has 0 saturated carbocycles. The zero-order valence-electron chi connectivity index (χ0n) is 10.2. The van der Waals surface area contributed by atoms with E-state index in [-0.39, 0.29) is 0 Å². The molecule has 0 aliphatic rings. The van der Waals surface area contributed by atoms with E-state index in [2.05, 4.69) is 28.1 Å². The van der Waals surface area contributed by atoms with Crippen molar-refractivity contribution in [3.8, 4) is 0 Å². The van der Waals surface area contributed by atoms with E-state index in [4.69, 9.17) is 5.73 Å². The van der Waals surface area contributed by atoms with Crippen LogP contribution in [0.1, 0.15) is 13.8 Å². The Labute approximate surface area is 105 Å². The van der Waals surface area contributed by atoms with Gasteiger partial charge in [-0.3, -0.25) is 9.97 Å². The van der Waals surface area contributed by atoms with Crippen LogP contribution in [-0.4, -0.2) is 22.3 Å². The predicted molar refractivity (Wildman–Crippen MR) is 75.1 cm³/mol. The zero-order chi connectivity index (χ0) is 12.4. The average molecular weight is 248 g/mol. The highest BCUT2D eigenvalue weighted by molar-refractivity contribution is 8.00. The largest absolute Gasteiger partial charge is 0.397 e. The molecule has 90 valence electrons. The van der Waals surface area contributed by atoms with Gasteiger partial charge in [0.05, 0.1) is 16.9 Å². The average Bonchev–Trinajstić information content (AvgIpc) is 2.32. The van der Waals surface area contributed by atoms with Gasteiger partial charge in [-0.05, 0) is 26.0 Å². The molecule has 0 radical (unpaired) electrons. The van der Waals surface area contributed by atoms with Crippen LogP contribution in [-0.2, 0) is 0 Å². The number of benzene rings is 1. The second-order valence-corrected chi connectivity index (χ2v) is 4.79. The molecule has 0 aliphatic carbocycles. The van der Waals surface area contributed by atoms with Crippen molar-refractivity contribution >= 4 is 34.4 Å². The predicted octanol–water partition coefficient (Wildman–Crippen LogP) is 2.70. The van der Waals surface area contributed by atoms with Crippen LogP contribution >= 0.6 is 11.9 Å². The Morgan fingerprint density at radius 3 is 2.59 bits per heavy atom. The molecule has 0 bridgehead atoms. The summed E-state index contributed by atoms with van der Waals surface area (Å²) < 4.78 is 2.16. The van der Waals surface area contributed by atoms with Crippen molar-refractivity contribution in [3.63, 3.8) is 0 Å². The van der Waals surface area contributed by atoms with Crippen LogP contribution < -0.4 is 10.0 Å². The Kier molecular flexibility index (Phi) is 3.38. The molecule has 0 amide bonds. The maximum Gasteiger partial charge on any atom is 0.115 e. The minimum Gasteiger partial charge on any atom is -0.397 e. The Morgan fingerprint density at radius 2 is 1.94 bits per heavy atom. The molecule has 4 nitrogen and oxygen atoms in total. The number of aromatic nitrogens is 2. The van der Waals surface area contributed by atoms with Gasteiger partial charge in [-0.25, -0.2) is 0 Å². The fraction of sp³-hybridized carbons (Fsp3) is 0.333. The SMILES string of the molecule is CSN(c1c(N)ccc2nccnc12)C(C)C. The number of anilines is 2. The summed E-state index contributed by atoms with van der Waals surface area (Å²) in [5.74, 6) is 0. The third-order valence-electron chi connectivity index (χ3n) is 2.53. The molecule has 0 aliphatic heterocycles. The van der Waals surface area contributed by atoms with E-state index in [1.807, 2.05) is 18.4 Å². The molecule has 0 fully saturated rings. The van der Waals surface area contributed by atoms with Gasteiger partial charge in [-0.2, -0.15) is 0 Å². The van der Waals surface area contributed by atoms with E-state index in [1.54, 1.807) is 24.3 Å². The first-order valence-electron chi connectivity index (χ1n) is 5.47. The van der Waals surface area contributed by atoms with Gasteiger partial charge in [-0.15, -0.1) is 0 Å². The Bertz CT molecular complexity index is 527. The van der Waals surface area contributed by atoms with Crippen molar-refractivity contribution in [2.24, 2.45) is 0 Å². The molecule has 5 heteroatoms. The first kappa shape index (κ1) is 12.0. The van der Waals surface area contributed by atoms with Crippen molar-refractivity contribution in [1.82, 2.24) is 9.97 Å². The van der Waals surface area contributed by atoms with E-state index in [9.17, 15) is 0 Å². The number of hydrogen-bond donors (Lipinski definition) is 1. The molecule has 0 unspecified atom stereocenters. The second kappa shape index (κ2) is 4.79. The summed E-state index contributed by atoms with van der Waals surface area (Å²) in [6.45, 7) is 4.26. The van der Waals surface area contributed by atoms with E-state index in [0.29, 0.717) is 6.04 Å². The van der Waals surface area contributed by atoms with Crippen molar-refractivity contribution in [2.45, 2.75) is 19.9 Å². The maximum atomic E-state index is 6.08. The van der Waals surface area contributed by atoms with Gasteiger partial charge in [-0.1, -0.05) is 11.9 Å². The molecule has 1 aromatic carbocycles. The van der Waals surface area contributed by atoms with E-state index >= 15 is 0 Å². The van der Waals surface area contributed by atoms with Crippen LogP contribution in [0.25, 0.3) is 11.0 Å². The van der Waals surface area contributed by atoms with Crippen LogP contribution in [0.3, 0.4) is 0 Å². The topological polar surface area (TPSA) is 55.0 Å². The summed E-state index contributed by atoms with van der Waals surface area (Å²) in [6, 6.07) is 4.14. The van der Waals surface area contributed by atoms with Gasteiger partial charge >= 0.3 is 0 Å². The molecular weight excluding hydrogens is 232 g/mol. The molecular formula is C12H16N4S. The first-order chi connectivity index (χ1) is 8.15. The summed E-state index contributed by atoms with van der Waals surface area (Å²) in [5, 5.41) is 0. The van der Waals surface area contributed by atoms with Crippen LogP contribution in [0.4, 0.5) is 11.4 Å². The Morgan fingerprint density at radius 1 is 1.24 bits per heavy atom. The lowest BCUT2D eigenvalue weighted by Gasteiger charge is -2.27. The molecule has 0 saturated heterocycles. The van der Waals surface area contributed by atoms with Crippen LogP contribution in [0.2, 0.25) is 0 Å². The number of rotatable bonds is 3. The van der Waals surface area contributed by atoms with Gasteiger partial charge in [0.25, 0.3) is 0 Å². The van der Waals surface area contributed by atoms with E-state index < -0.39 is 0 Å². The van der Waals surface area contributed by atoms with Crippen molar-refractivity contribution in [1.29, 1.82) is 0 Å². The molecule has 1 aromatic heterocycles. The van der Waals surface area contributed by atoms with Crippen molar-refractivity contribution in [2.75, 3.05) is 16.3 Å². The van der Waals surface area contributed by atoms with Gasteiger partial charge < -0.3 is 10.0 Å². The molecule has 2 rings (SSSR count). The van der Waals surface area contributed by atoms with E-state index in [1.165, 1.54) is 0 Å². The van der Waals surface area contributed by atoms with Gasteiger partial charge in [0, 0.05) is 24.7 Å². The molecule has 17 heavy (non-hydrogen) atoms. The number of hydrogen-bond acceptors (Lipinski definition) is 5. The third kappa shape index (κ3) is 2.15. The normalized spacial score (nSPS) is 11.1. The molecule has 1 heterocycles. The summed E-state index contributed by atoms with van der Waals surface area (Å²) in [5.41, 5.74) is 9.50. The number of nitrogens with zero attached hydrogens (tertiary/aromatic N) is 3. The van der Waals surface area contributed by atoms with Gasteiger partial charge in [0.1, 0.15) is 5.52 Å². The fourth-order valence-electron chi connectivity index (χ4n) is 1.83. The van der Waals surface area contributed by atoms with Crippen LogP contribution in [0.5, 0.6) is 0 Å². The Hall–Kier alpha value is -1.49. The molecule has 0 spiro atoms. The highest BCUT2D eigenvalue weighted by Crippen LogP contribution is 2.35. The summed E-state index contributed by atoms with van der Waals surface area (Å²) in [6.07, 6.45) is 5.43. The van der Waals surface area contributed by atoms with Crippen LogP contribution in [0.15, 0.2) is 24.5 Å². The summed E-state index contributed by atoms with van der Waals surface area (Å²) in [4.78, 5) is 8.70. The lowest BCUT2D eigenvalue weighted by Crippen LogP contribution is -2.24. The summed E-state index contributed by atoms with van der Waals surface area (Å²) >= 11 is 1.65. The van der Waals surface area contributed by atoms with Crippen molar-refractivity contribution in [3.05, 3.63) is 24.5 Å². The second-order valence-electron chi connectivity index (χ2n) is 4.03. The number of nitrogens with two attached hydrogens (primary N) is 1. The zero-order valence-corrected chi connectivity index (χ0v) is 11.0. The lowest BCUT2D eigenvalue weighted by molar-refractivity contribution is 0.840. The monoisotopic (exact) mass is 248 g/mol. The lowest BCUT2D eigenvalue weighted by atomic mass is 10.2. The quantitative estimate of drug-likeness (QED) is 0.668. The maximum absolute atomic E-state index is 6.08. The summed E-state index contributed by atoms with van der Waals surface area (Å²) in [7, 11) is 0. The molecule has 0 atom stereocenters. The van der Waals surface area contributed by atoms with Gasteiger partial charge in [0.15, 0.2) is 0 Å². The fourth-order valence-corrected chi connectivity index (χ4v) is 2.63. The minimum absolute atomic E-state index is 0.347. The van der Waals surface area contributed by atoms with Gasteiger partial charge in [0.2, 0.25) is 0 Å². The van der Waals surface area contributed by atoms with Crippen molar-refractivity contribution < 1.29 is 0 Å². The molecule has 2 aromatic rings. The first-order valence-corrected chi connectivity index (χ1v) is 6.66. The molecule has 2 N–H and O–H groups in total. The third-order valence-corrected chi connectivity index (χ3v) is 3.53. The van der Waals surface area contributed by atoms with E-state index in [0.717, 1.165) is 22.4 Å². The highest BCUT2D eigenvalue weighted by atomic mass is 32.2. The highest BCUT2D eigenvalue weighted by Gasteiger charge is 2.17. The van der Waals surface area contributed by atoms with Crippen LogP contribution in [0, 0.1) is 0 Å². The smallest absolute Gasteiger partial charge is 0.115 e. The Balaban J connectivity index is 2.69. The number of fused-ring (bicyclic) bond motifs is 1. The number of nitrogen functional groups attached to an aromatic ring is 1. The standard InChI is InChI=1S/C12H16N4S/c1-8(2)16(17-3)12-9(13)4-5-10-11(12)15-7-6-14-10/h4-8H,13H2,1-3H3.